The van der Waals surface area contributed by atoms with Crippen LogP contribution in [0.4, 0.5) is 5.69 Å². The summed E-state index contributed by atoms with van der Waals surface area (Å²) >= 11 is 0. The van der Waals surface area contributed by atoms with E-state index in [1.807, 2.05) is 36.1 Å². The molecule has 1 spiro atoms. The summed E-state index contributed by atoms with van der Waals surface area (Å²) in [6.45, 7) is 5.71. The summed E-state index contributed by atoms with van der Waals surface area (Å²) in [6, 6.07) is 7.92. The van der Waals surface area contributed by atoms with Crippen LogP contribution in [-0.4, -0.2) is 49.6 Å². The molecule has 0 N–H and O–H groups in total. The highest BCUT2D eigenvalue weighted by Crippen LogP contribution is 2.39. The van der Waals surface area contributed by atoms with Crippen molar-refractivity contribution in [2.75, 3.05) is 37.7 Å². The number of ether oxygens (including phenoxy) is 1. The van der Waals surface area contributed by atoms with Gasteiger partial charge < -0.3 is 14.5 Å². The Morgan fingerprint density at radius 1 is 1.21 bits per heavy atom. The predicted octanol–water partition coefficient (Wildman–Crippen LogP) is 1.99. The molecule has 3 heterocycles. The highest BCUT2D eigenvalue weighted by Gasteiger charge is 2.46. The number of aryl methyl sites for hydroxylation is 1. The third-order valence-corrected chi connectivity index (χ3v) is 5.78. The molecular formula is C19H24N2O3. The first kappa shape index (κ1) is 15.6. The molecule has 0 unspecified atom stereocenters. The van der Waals surface area contributed by atoms with Crippen molar-refractivity contribution in [3.05, 3.63) is 29.8 Å². The van der Waals surface area contributed by atoms with Crippen molar-refractivity contribution in [1.82, 2.24) is 4.90 Å². The average molecular weight is 328 g/mol. The topological polar surface area (TPSA) is 49.9 Å². The summed E-state index contributed by atoms with van der Waals surface area (Å²) < 4.78 is 5.53. The maximum absolute atomic E-state index is 12.9. The summed E-state index contributed by atoms with van der Waals surface area (Å²) in [6.07, 6.45) is 2.65. The molecule has 0 saturated carbocycles. The van der Waals surface area contributed by atoms with Crippen LogP contribution < -0.4 is 4.90 Å². The van der Waals surface area contributed by atoms with Gasteiger partial charge in [-0.25, -0.2) is 0 Å². The van der Waals surface area contributed by atoms with Crippen LogP contribution in [0.2, 0.25) is 0 Å². The summed E-state index contributed by atoms with van der Waals surface area (Å²) in [4.78, 5) is 29.3. The number of likely N-dealkylation sites (tertiary alicyclic amines) is 1. The van der Waals surface area contributed by atoms with E-state index in [4.69, 9.17) is 4.74 Å². The molecular weight excluding hydrogens is 304 g/mol. The maximum Gasteiger partial charge on any atom is 0.239 e. The molecule has 3 saturated heterocycles. The summed E-state index contributed by atoms with van der Waals surface area (Å²) in [7, 11) is 0. The lowest BCUT2D eigenvalue weighted by Gasteiger charge is -2.24. The average Bonchev–Trinajstić information content (AvgIpc) is 3.30. The molecule has 3 aliphatic heterocycles. The van der Waals surface area contributed by atoms with Crippen molar-refractivity contribution in [3.8, 4) is 0 Å². The van der Waals surface area contributed by atoms with E-state index < -0.39 is 5.92 Å². The Kier molecular flexibility index (Phi) is 3.83. The number of hydrogen-bond donors (Lipinski definition) is 0. The lowest BCUT2D eigenvalue weighted by atomic mass is 9.87. The van der Waals surface area contributed by atoms with Crippen LogP contribution in [0.15, 0.2) is 24.3 Å². The molecule has 128 valence electrons. The van der Waals surface area contributed by atoms with E-state index in [1.54, 1.807) is 4.90 Å². The fourth-order valence-corrected chi connectivity index (χ4v) is 4.21. The first-order chi connectivity index (χ1) is 11.6. The van der Waals surface area contributed by atoms with Crippen molar-refractivity contribution in [2.24, 2.45) is 11.3 Å². The highest BCUT2D eigenvalue weighted by atomic mass is 16.5. The first-order valence-electron chi connectivity index (χ1n) is 8.83. The van der Waals surface area contributed by atoms with Crippen LogP contribution in [0.1, 0.15) is 24.8 Å². The number of rotatable bonds is 2. The number of nitrogens with zero attached hydrogens (tertiary/aromatic N) is 2. The number of benzene rings is 1. The van der Waals surface area contributed by atoms with Gasteiger partial charge in [-0.2, -0.15) is 0 Å². The van der Waals surface area contributed by atoms with Gasteiger partial charge in [-0.3, -0.25) is 9.59 Å². The van der Waals surface area contributed by atoms with Crippen molar-refractivity contribution < 1.29 is 14.3 Å². The summed E-state index contributed by atoms with van der Waals surface area (Å²) in [5.74, 6) is -0.547. The standard InChI is InChI=1S/C19H24N2O3/c1-14-2-4-15(5-3-14)21-9-6-16(18(21)23)17(22)20-10-7-19(12-20)8-11-24-13-19/h2-5,16H,6-13H2,1H3/t16-,19+/m1/s1. The van der Waals surface area contributed by atoms with Crippen LogP contribution >= 0.6 is 0 Å². The number of amides is 2. The quantitative estimate of drug-likeness (QED) is 0.780. The Morgan fingerprint density at radius 2 is 2.00 bits per heavy atom. The van der Waals surface area contributed by atoms with Gasteiger partial charge in [0.15, 0.2) is 0 Å². The summed E-state index contributed by atoms with van der Waals surface area (Å²) in [5.41, 5.74) is 2.20. The fraction of sp³-hybridized carbons (Fsp3) is 0.579. The molecule has 2 atom stereocenters. The predicted molar refractivity (Wildman–Crippen MR) is 90.7 cm³/mol. The van der Waals surface area contributed by atoms with Crippen LogP contribution in [0.3, 0.4) is 0 Å². The Labute approximate surface area is 142 Å². The van der Waals surface area contributed by atoms with Gasteiger partial charge in [-0.05, 0) is 38.3 Å². The van der Waals surface area contributed by atoms with Crippen LogP contribution in [0, 0.1) is 18.3 Å². The third-order valence-electron chi connectivity index (χ3n) is 5.78. The molecule has 0 bridgehead atoms. The Morgan fingerprint density at radius 3 is 2.71 bits per heavy atom. The van der Waals surface area contributed by atoms with Gasteiger partial charge in [-0.15, -0.1) is 0 Å². The van der Waals surface area contributed by atoms with Crippen LogP contribution in [-0.2, 0) is 14.3 Å². The number of hydrogen-bond acceptors (Lipinski definition) is 3. The lowest BCUT2D eigenvalue weighted by Crippen LogP contribution is -2.40. The number of anilines is 1. The molecule has 1 aromatic carbocycles. The van der Waals surface area contributed by atoms with Gasteiger partial charge in [0.2, 0.25) is 11.8 Å². The minimum absolute atomic E-state index is 0.0124. The van der Waals surface area contributed by atoms with Gasteiger partial charge in [0, 0.05) is 37.3 Å². The molecule has 5 heteroatoms. The fourth-order valence-electron chi connectivity index (χ4n) is 4.21. The summed E-state index contributed by atoms with van der Waals surface area (Å²) in [5, 5.41) is 0. The van der Waals surface area contributed by atoms with Gasteiger partial charge >= 0.3 is 0 Å². The van der Waals surface area contributed by atoms with E-state index in [1.165, 1.54) is 5.56 Å². The zero-order valence-corrected chi connectivity index (χ0v) is 14.2. The second-order valence-corrected chi connectivity index (χ2v) is 7.48. The normalized spacial score (nSPS) is 29.9. The number of carbonyl (C=O) groups is 2. The molecule has 0 radical (unpaired) electrons. The van der Waals surface area contributed by atoms with Crippen molar-refractivity contribution in [2.45, 2.75) is 26.2 Å². The first-order valence-corrected chi connectivity index (χ1v) is 8.83. The van der Waals surface area contributed by atoms with E-state index in [0.717, 1.165) is 44.8 Å². The highest BCUT2D eigenvalue weighted by molar-refractivity contribution is 6.09. The second kappa shape index (κ2) is 5.88. The monoisotopic (exact) mass is 328 g/mol. The zero-order valence-electron chi connectivity index (χ0n) is 14.2. The third kappa shape index (κ3) is 2.61. The molecule has 2 amide bonds. The van der Waals surface area contributed by atoms with Crippen LogP contribution in [0.25, 0.3) is 0 Å². The minimum Gasteiger partial charge on any atom is -0.381 e. The smallest absolute Gasteiger partial charge is 0.239 e. The minimum atomic E-state index is -0.510. The van der Waals surface area contributed by atoms with Gasteiger partial charge in [0.25, 0.3) is 0 Å². The molecule has 1 aromatic rings. The van der Waals surface area contributed by atoms with E-state index in [2.05, 4.69) is 0 Å². The Balaban J connectivity index is 1.44. The maximum atomic E-state index is 12.9. The van der Waals surface area contributed by atoms with Gasteiger partial charge in [-0.1, -0.05) is 17.7 Å². The zero-order chi connectivity index (χ0) is 16.7. The van der Waals surface area contributed by atoms with E-state index in [-0.39, 0.29) is 17.2 Å². The second-order valence-electron chi connectivity index (χ2n) is 7.48. The van der Waals surface area contributed by atoms with E-state index >= 15 is 0 Å². The van der Waals surface area contributed by atoms with Crippen LogP contribution in [0.5, 0.6) is 0 Å². The lowest BCUT2D eigenvalue weighted by molar-refractivity contribution is -0.139. The SMILES string of the molecule is Cc1ccc(N2CC[C@H](C(=O)N3CC[C@]4(CCOC4)C3)C2=O)cc1. The molecule has 3 fully saturated rings. The molecule has 24 heavy (non-hydrogen) atoms. The van der Waals surface area contributed by atoms with Crippen molar-refractivity contribution >= 4 is 17.5 Å². The van der Waals surface area contributed by atoms with E-state index in [9.17, 15) is 9.59 Å². The number of carbonyl (C=O) groups excluding carboxylic acids is 2. The Bertz CT molecular complexity index is 649. The molecule has 0 aromatic heterocycles. The van der Waals surface area contributed by atoms with E-state index in [0.29, 0.717) is 13.0 Å². The largest absolute Gasteiger partial charge is 0.381 e. The molecule has 3 aliphatic rings. The Hall–Kier alpha value is -1.88. The van der Waals surface area contributed by atoms with Crippen molar-refractivity contribution in [3.63, 3.8) is 0 Å². The van der Waals surface area contributed by atoms with Crippen molar-refractivity contribution in [1.29, 1.82) is 0 Å². The molecule has 5 nitrogen and oxygen atoms in total. The molecule has 4 rings (SSSR count). The van der Waals surface area contributed by atoms with Gasteiger partial charge in [0.1, 0.15) is 5.92 Å². The van der Waals surface area contributed by atoms with Gasteiger partial charge in [0.05, 0.1) is 6.61 Å². The molecule has 0 aliphatic carbocycles.